The topological polar surface area (TPSA) is 106 Å². The number of benzene rings is 2. The highest BCUT2D eigenvalue weighted by atomic mass is 32.1. The van der Waals surface area contributed by atoms with Crippen LogP contribution in [0.4, 0.5) is 5.13 Å². The number of ketones is 1. The fraction of sp³-hybridized carbons (Fsp3) is 0.231. The van der Waals surface area contributed by atoms with Crippen LogP contribution in [0.3, 0.4) is 0 Å². The Morgan fingerprint density at radius 1 is 1.14 bits per heavy atom. The summed E-state index contributed by atoms with van der Waals surface area (Å²) < 4.78 is 10.3. The Balaban J connectivity index is 1.92. The Labute approximate surface area is 206 Å². The number of aliphatic hydroxyl groups is 1. The molecule has 1 atom stereocenters. The summed E-state index contributed by atoms with van der Waals surface area (Å²) in [6.07, 6.45) is 0. The molecule has 1 N–H and O–H groups in total. The lowest BCUT2D eigenvalue weighted by Crippen LogP contribution is -2.29. The van der Waals surface area contributed by atoms with E-state index in [0.717, 1.165) is 16.9 Å². The molecule has 1 unspecified atom stereocenters. The number of Topliss-reactive ketones (excluding diaryl/α,β-unsaturated/α-hetero) is 1. The fourth-order valence-electron chi connectivity index (χ4n) is 3.92. The summed E-state index contributed by atoms with van der Waals surface area (Å²) in [7, 11) is 1.26. The molecule has 4 rings (SSSR count). The number of carbonyl (C=O) groups excluding carboxylic acids is 3. The molecule has 1 fully saturated rings. The van der Waals surface area contributed by atoms with E-state index in [-0.39, 0.29) is 21.3 Å². The van der Waals surface area contributed by atoms with Crippen LogP contribution in [0.15, 0.2) is 54.1 Å². The van der Waals surface area contributed by atoms with Crippen molar-refractivity contribution in [2.45, 2.75) is 26.8 Å². The first-order valence-corrected chi connectivity index (χ1v) is 11.7. The minimum Gasteiger partial charge on any atom is -0.507 e. The maximum atomic E-state index is 13.3. The summed E-state index contributed by atoms with van der Waals surface area (Å²) in [6.45, 7) is 5.83. The minimum atomic E-state index is -0.942. The van der Waals surface area contributed by atoms with Crippen molar-refractivity contribution in [1.82, 2.24) is 4.98 Å². The van der Waals surface area contributed by atoms with Gasteiger partial charge in [-0.3, -0.25) is 14.5 Å². The van der Waals surface area contributed by atoms with Gasteiger partial charge in [0.15, 0.2) is 5.13 Å². The van der Waals surface area contributed by atoms with Crippen molar-refractivity contribution in [2.75, 3.05) is 18.6 Å². The van der Waals surface area contributed by atoms with Crippen molar-refractivity contribution < 1.29 is 29.0 Å². The van der Waals surface area contributed by atoms with Crippen LogP contribution in [-0.4, -0.2) is 41.5 Å². The second kappa shape index (κ2) is 9.71. The van der Waals surface area contributed by atoms with E-state index in [1.54, 1.807) is 43.3 Å². The Morgan fingerprint density at radius 3 is 2.51 bits per heavy atom. The van der Waals surface area contributed by atoms with E-state index < -0.39 is 23.7 Å². The molecule has 180 valence electrons. The molecule has 0 aliphatic carbocycles. The molecule has 0 spiro atoms. The van der Waals surface area contributed by atoms with E-state index in [0.29, 0.717) is 29.2 Å². The molecular weight excluding hydrogens is 468 g/mol. The van der Waals surface area contributed by atoms with Crippen molar-refractivity contribution in [3.05, 3.63) is 81.4 Å². The third-order valence-electron chi connectivity index (χ3n) is 5.62. The number of ether oxygens (including phenoxy) is 2. The number of esters is 1. The molecule has 1 aliphatic heterocycles. The van der Waals surface area contributed by atoms with Crippen LogP contribution in [0, 0.1) is 13.8 Å². The van der Waals surface area contributed by atoms with Crippen molar-refractivity contribution in [2.24, 2.45) is 0 Å². The largest absolute Gasteiger partial charge is 0.507 e. The van der Waals surface area contributed by atoms with E-state index in [2.05, 4.69) is 4.98 Å². The average Bonchev–Trinajstić information content (AvgIpc) is 3.36. The van der Waals surface area contributed by atoms with Gasteiger partial charge in [-0.2, -0.15) is 0 Å². The quantitative estimate of drug-likeness (QED) is 0.232. The van der Waals surface area contributed by atoms with Gasteiger partial charge in [-0.25, -0.2) is 9.78 Å². The highest BCUT2D eigenvalue weighted by molar-refractivity contribution is 7.17. The highest BCUT2D eigenvalue weighted by Gasteiger charge is 2.48. The molecule has 9 heteroatoms. The van der Waals surface area contributed by atoms with Crippen molar-refractivity contribution in [1.29, 1.82) is 0 Å². The normalized spacial score (nSPS) is 17.0. The summed E-state index contributed by atoms with van der Waals surface area (Å²) in [5, 5.41) is 11.4. The van der Waals surface area contributed by atoms with Crippen LogP contribution in [0.5, 0.6) is 5.75 Å². The Hall–Kier alpha value is -3.98. The first kappa shape index (κ1) is 24.2. The zero-order valence-corrected chi connectivity index (χ0v) is 20.5. The lowest BCUT2D eigenvalue weighted by Gasteiger charge is -2.23. The number of nitrogens with zero attached hydrogens (tertiary/aromatic N) is 2. The smallest absolute Gasteiger partial charge is 0.350 e. The van der Waals surface area contributed by atoms with E-state index in [4.69, 9.17) is 9.47 Å². The summed E-state index contributed by atoms with van der Waals surface area (Å²) in [4.78, 5) is 44.6. The highest BCUT2D eigenvalue weighted by Crippen LogP contribution is 2.44. The molecule has 3 aromatic rings. The fourth-order valence-corrected chi connectivity index (χ4v) is 4.93. The minimum absolute atomic E-state index is 0.0695. The number of aromatic nitrogens is 1. The van der Waals surface area contributed by atoms with E-state index in [1.807, 2.05) is 26.0 Å². The molecule has 0 saturated carbocycles. The average molecular weight is 493 g/mol. The van der Waals surface area contributed by atoms with Crippen LogP contribution in [-0.2, 0) is 14.3 Å². The maximum absolute atomic E-state index is 13.3. The zero-order valence-electron chi connectivity index (χ0n) is 19.7. The lowest BCUT2D eigenvalue weighted by atomic mass is 9.95. The number of rotatable bonds is 6. The second-order valence-electron chi connectivity index (χ2n) is 7.94. The molecule has 35 heavy (non-hydrogen) atoms. The summed E-state index contributed by atoms with van der Waals surface area (Å²) in [5.41, 5.74) is 2.26. The van der Waals surface area contributed by atoms with Crippen LogP contribution in [0.25, 0.3) is 5.76 Å². The standard InChI is InChI=1S/C26H24N2O6S/c1-5-34-18-8-6-7-17(13-18)21(29)19-20(16-11-9-14(2)10-12-16)28(24(31)22(19)30)26-27-15(3)23(35-26)25(32)33-4/h6-13,20,29H,5H2,1-4H3. The third kappa shape index (κ3) is 4.42. The number of methoxy groups -OCH3 is 1. The predicted octanol–water partition coefficient (Wildman–Crippen LogP) is 4.57. The molecule has 1 amide bonds. The molecule has 2 heterocycles. The van der Waals surface area contributed by atoms with Crippen molar-refractivity contribution >= 4 is 39.9 Å². The Bertz CT molecular complexity index is 1340. The van der Waals surface area contributed by atoms with E-state index in [1.165, 1.54) is 12.0 Å². The van der Waals surface area contributed by atoms with Gasteiger partial charge in [0.25, 0.3) is 5.78 Å². The molecule has 0 radical (unpaired) electrons. The summed E-state index contributed by atoms with van der Waals surface area (Å²) in [6, 6.07) is 13.1. The number of hydrogen-bond donors (Lipinski definition) is 1. The maximum Gasteiger partial charge on any atom is 0.350 e. The first-order valence-electron chi connectivity index (χ1n) is 10.9. The van der Waals surface area contributed by atoms with Crippen LogP contribution in [0.1, 0.15) is 45.0 Å². The summed E-state index contributed by atoms with van der Waals surface area (Å²) >= 11 is 0.958. The number of anilines is 1. The van der Waals surface area contributed by atoms with Crippen molar-refractivity contribution in [3.8, 4) is 5.75 Å². The van der Waals surface area contributed by atoms with Gasteiger partial charge < -0.3 is 14.6 Å². The monoisotopic (exact) mass is 492 g/mol. The molecule has 2 aromatic carbocycles. The number of hydrogen-bond acceptors (Lipinski definition) is 8. The van der Waals surface area contributed by atoms with Gasteiger partial charge in [0.05, 0.1) is 31.0 Å². The molecular formula is C26H24N2O6S. The van der Waals surface area contributed by atoms with Gasteiger partial charge in [0, 0.05) is 5.56 Å². The zero-order chi connectivity index (χ0) is 25.3. The summed E-state index contributed by atoms with van der Waals surface area (Å²) in [5.74, 6) is -2.07. The third-order valence-corrected chi connectivity index (χ3v) is 6.75. The number of thiazole rings is 1. The number of carbonyl (C=O) groups is 3. The molecule has 0 bridgehead atoms. The van der Waals surface area contributed by atoms with Gasteiger partial charge in [0.2, 0.25) is 0 Å². The van der Waals surface area contributed by atoms with Gasteiger partial charge >= 0.3 is 11.9 Å². The SMILES string of the molecule is CCOc1cccc(C(O)=C2C(=O)C(=O)N(c3nc(C)c(C(=O)OC)s3)C2c2ccc(C)cc2)c1. The van der Waals surface area contributed by atoms with Gasteiger partial charge in [0.1, 0.15) is 16.4 Å². The molecule has 8 nitrogen and oxygen atoms in total. The molecule has 1 aromatic heterocycles. The second-order valence-corrected chi connectivity index (χ2v) is 8.92. The molecule has 1 aliphatic rings. The Kier molecular flexibility index (Phi) is 6.70. The van der Waals surface area contributed by atoms with Crippen LogP contribution in [0.2, 0.25) is 0 Å². The van der Waals surface area contributed by atoms with Crippen LogP contribution >= 0.6 is 11.3 Å². The number of aryl methyl sites for hydroxylation is 2. The van der Waals surface area contributed by atoms with Gasteiger partial charge in [-0.05, 0) is 38.5 Å². The van der Waals surface area contributed by atoms with Gasteiger partial charge in [-0.15, -0.1) is 0 Å². The van der Waals surface area contributed by atoms with E-state index >= 15 is 0 Å². The number of aliphatic hydroxyl groups excluding tert-OH is 1. The van der Waals surface area contributed by atoms with Crippen LogP contribution < -0.4 is 9.64 Å². The Morgan fingerprint density at radius 2 is 1.86 bits per heavy atom. The first-order chi connectivity index (χ1) is 16.8. The van der Waals surface area contributed by atoms with Crippen molar-refractivity contribution in [3.63, 3.8) is 0 Å². The molecule has 1 saturated heterocycles. The van der Waals surface area contributed by atoms with E-state index in [9.17, 15) is 19.5 Å². The van der Waals surface area contributed by atoms with Gasteiger partial charge in [-0.1, -0.05) is 53.3 Å². The lowest BCUT2D eigenvalue weighted by molar-refractivity contribution is -0.132. The predicted molar refractivity (Wildman–Crippen MR) is 132 cm³/mol. The number of amides is 1.